The molecule has 0 spiro atoms. The Hall–Kier alpha value is -3.15. The highest BCUT2D eigenvalue weighted by Crippen LogP contribution is 2.21. The molecule has 0 saturated carbocycles. The summed E-state index contributed by atoms with van der Waals surface area (Å²) in [7, 11) is 1.20. The van der Waals surface area contributed by atoms with Gasteiger partial charge in [-0.3, -0.25) is 14.4 Å². The topological polar surface area (TPSA) is 112 Å². The van der Waals surface area contributed by atoms with Gasteiger partial charge in [0.2, 0.25) is 11.6 Å². The van der Waals surface area contributed by atoms with E-state index >= 15 is 0 Å². The van der Waals surface area contributed by atoms with Gasteiger partial charge in [0.1, 0.15) is 5.70 Å². The zero-order valence-electron chi connectivity index (χ0n) is 11.8. The molecule has 6 heteroatoms. The molecular formula is C16H14N2O4. The number of methoxy groups -OCH3 is 1. The third-order valence-electron chi connectivity index (χ3n) is 3.11. The van der Waals surface area contributed by atoms with Crippen molar-refractivity contribution in [3.05, 3.63) is 64.7 Å². The van der Waals surface area contributed by atoms with Crippen molar-refractivity contribution in [1.82, 2.24) is 0 Å². The lowest BCUT2D eigenvalue weighted by molar-refractivity contribution is -0.121. The van der Waals surface area contributed by atoms with Gasteiger partial charge in [-0.1, -0.05) is 36.4 Å². The Balaban J connectivity index is 2.34. The molecule has 0 heterocycles. The maximum Gasteiger partial charge on any atom is 0.246 e. The van der Waals surface area contributed by atoms with Gasteiger partial charge < -0.3 is 16.2 Å². The maximum absolute atomic E-state index is 12.2. The Morgan fingerprint density at radius 1 is 1.05 bits per heavy atom. The van der Waals surface area contributed by atoms with Crippen molar-refractivity contribution in [3.8, 4) is 0 Å². The second-order valence-electron chi connectivity index (χ2n) is 4.50. The van der Waals surface area contributed by atoms with Crippen LogP contribution in [-0.2, 0) is 19.1 Å². The van der Waals surface area contributed by atoms with E-state index in [0.29, 0.717) is 0 Å². The first-order chi connectivity index (χ1) is 10.5. The van der Waals surface area contributed by atoms with Gasteiger partial charge in [0, 0.05) is 0 Å². The first kappa shape index (κ1) is 15.2. The van der Waals surface area contributed by atoms with Crippen LogP contribution in [-0.4, -0.2) is 24.5 Å². The third-order valence-corrected chi connectivity index (χ3v) is 3.11. The molecule has 1 aliphatic rings. The highest BCUT2D eigenvalue weighted by atomic mass is 16.5. The lowest BCUT2D eigenvalue weighted by Gasteiger charge is -2.16. The minimum atomic E-state index is -0.809. The summed E-state index contributed by atoms with van der Waals surface area (Å²) in [5.74, 6) is -2.60. The van der Waals surface area contributed by atoms with E-state index in [2.05, 4.69) is 0 Å². The quantitative estimate of drug-likeness (QED) is 0.474. The Kier molecular flexibility index (Phi) is 4.22. The van der Waals surface area contributed by atoms with Gasteiger partial charge >= 0.3 is 0 Å². The zero-order valence-corrected chi connectivity index (χ0v) is 11.8. The number of benzene rings is 1. The smallest absolute Gasteiger partial charge is 0.246 e. The fourth-order valence-electron chi connectivity index (χ4n) is 1.98. The summed E-state index contributed by atoms with van der Waals surface area (Å²) in [6.45, 7) is 0. The molecule has 0 aromatic heterocycles. The van der Waals surface area contributed by atoms with Crippen LogP contribution in [0.2, 0.25) is 0 Å². The number of ketones is 3. The maximum atomic E-state index is 12.2. The normalized spacial score (nSPS) is 15.7. The van der Waals surface area contributed by atoms with Crippen LogP contribution in [0.15, 0.2) is 59.1 Å². The van der Waals surface area contributed by atoms with Crippen LogP contribution in [0.25, 0.3) is 6.08 Å². The predicted octanol–water partition coefficient (Wildman–Crippen LogP) is 0.450. The Bertz CT molecular complexity index is 743. The molecule has 112 valence electrons. The van der Waals surface area contributed by atoms with E-state index in [9.17, 15) is 14.4 Å². The van der Waals surface area contributed by atoms with E-state index in [1.54, 1.807) is 24.3 Å². The third kappa shape index (κ3) is 2.67. The fraction of sp³-hybridized carbons (Fsp3) is 0.0625. The van der Waals surface area contributed by atoms with Crippen molar-refractivity contribution in [2.24, 2.45) is 11.5 Å². The molecule has 1 aliphatic carbocycles. The second-order valence-corrected chi connectivity index (χ2v) is 4.50. The summed E-state index contributed by atoms with van der Waals surface area (Å²) in [6, 6.07) is 9.01. The van der Waals surface area contributed by atoms with Crippen LogP contribution >= 0.6 is 0 Å². The van der Waals surface area contributed by atoms with E-state index in [1.807, 2.05) is 6.07 Å². The number of hydrogen-bond acceptors (Lipinski definition) is 6. The summed E-state index contributed by atoms with van der Waals surface area (Å²) in [5, 5.41) is 0. The standard InChI is InChI=1S/C16H14N2O4/c1-22-16-13(18)14(20)11(12(17)15(16)21)10(19)8-7-9-5-3-2-4-6-9/h2-8H,17-18H2,1H3/b8-7+. The Labute approximate surface area is 126 Å². The van der Waals surface area contributed by atoms with Crippen molar-refractivity contribution in [2.75, 3.05) is 7.11 Å². The highest BCUT2D eigenvalue weighted by Gasteiger charge is 2.35. The molecule has 4 N–H and O–H groups in total. The van der Waals surface area contributed by atoms with Crippen molar-refractivity contribution < 1.29 is 19.1 Å². The minimum Gasteiger partial charge on any atom is -0.491 e. The van der Waals surface area contributed by atoms with Crippen molar-refractivity contribution >= 4 is 23.4 Å². The van der Waals surface area contributed by atoms with Gasteiger partial charge in [-0.25, -0.2) is 0 Å². The molecule has 1 aromatic carbocycles. The molecule has 1 aromatic rings. The number of hydrogen-bond donors (Lipinski definition) is 2. The number of carbonyl (C=O) groups is 3. The molecule has 0 aliphatic heterocycles. The number of ether oxygens (including phenoxy) is 1. The highest BCUT2D eigenvalue weighted by molar-refractivity contribution is 6.36. The summed E-state index contributed by atoms with van der Waals surface area (Å²) in [4.78, 5) is 36.2. The van der Waals surface area contributed by atoms with Crippen LogP contribution in [0.4, 0.5) is 0 Å². The van der Waals surface area contributed by atoms with E-state index in [0.717, 1.165) is 5.56 Å². The van der Waals surface area contributed by atoms with Gasteiger partial charge in [0.15, 0.2) is 11.5 Å². The van der Waals surface area contributed by atoms with Gasteiger partial charge in [0.05, 0.1) is 18.4 Å². The Morgan fingerprint density at radius 3 is 2.27 bits per heavy atom. The van der Waals surface area contributed by atoms with Crippen LogP contribution in [0.1, 0.15) is 5.56 Å². The average Bonchev–Trinajstić information content (AvgIpc) is 2.53. The van der Waals surface area contributed by atoms with Crippen LogP contribution in [0.5, 0.6) is 0 Å². The minimum absolute atomic E-state index is 0.342. The molecule has 0 radical (unpaired) electrons. The van der Waals surface area contributed by atoms with E-state index in [-0.39, 0.29) is 5.76 Å². The largest absolute Gasteiger partial charge is 0.491 e. The van der Waals surface area contributed by atoms with Gasteiger partial charge in [0.25, 0.3) is 0 Å². The van der Waals surface area contributed by atoms with Crippen molar-refractivity contribution in [3.63, 3.8) is 0 Å². The number of allylic oxidation sites excluding steroid dienone is 2. The predicted molar refractivity (Wildman–Crippen MR) is 79.9 cm³/mol. The molecule has 2 rings (SSSR count). The first-order valence-electron chi connectivity index (χ1n) is 6.37. The molecular weight excluding hydrogens is 284 g/mol. The molecule has 0 bridgehead atoms. The number of Topliss-reactive ketones (excluding diaryl/α,β-unsaturated/α-hetero) is 2. The molecule has 6 nitrogen and oxygen atoms in total. The molecule has 0 amide bonds. The molecule has 0 unspecified atom stereocenters. The van der Waals surface area contributed by atoms with Crippen molar-refractivity contribution in [2.45, 2.75) is 0 Å². The van der Waals surface area contributed by atoms with Gasteiger partial charge in [-0.05, 0) is 11.6 Å². The number of carbonyl (C=O) groups excluding carboxylic acids is 3. The van der Waals surface area contributed by atoms with Crippen molar-refractivity contribution in [1.29, 1.82) is 0 Å². The zero-order chi connectivity index (χ0) is 16.3. The monoisotopic (exact) mass is 298 g/mol. The summed E-state index contributed by atoms with van der Waals surface area (Å²) < 4.78 is 4.75. The summed E-state index contributed by atoms with van der Waals surface area (Å²) in [5.41, 5.74) is 10.6. The summed E-state index contributed by atoms with van der Waals surface area (Å²) >= 11 is 0. The van der Waals surface area contributed by atoms with E-state index in [1.165, 1.54) is 19.3 Å². The summed E-state index contributed by atoms with van der Waals surface area (Å²) in [6.07, 6.45) is 2.69. The Morgan fingerprint density at radius 2 is 1.68 bits per heavy atom. The first-order valence-corrected chi connectivity index (χ1v) is 6.37. The number of nitrogens with two attached hydrogens (primary N) is 2. The fourth-order valence-corrected chi connectivity index (χ4v) is 1.98. The van der Waals surface area contributed by atoms with Gasteiger partial charge in [-0.15, -0.1) is 0 Å². The molecule has 0 atom stereocenters. The van der Waals surface area contributed by atoms with Crippen LogP contribution in [0.3, 0.4) is 0 Å². The van der Waals surface area contributed by atoms with Crippen LogP contribution < -0.4 is 11.5 Å². The van der Waals surface area contributed by atoms with E-state index in [4.69, 9.17) is 16.2 Å². The number of rotatable bonds is 4. The lowest BCUT2D eigenvalue weighted by Crippen LogP contribution is -2.34. The molecule has 22 heavy (non-hydrogen) atoms. The van der Waals surface area contributed by atoms with Crippen LogP contribution in [0, 0.1) is 0 Å². The second kappa shape index (κ2) is 6.09. The van der Waals surface area contributed by atoms with Gasteiger partial charge in [-0.2, -0.15) is 0 Å². The van der Waals surface area contributed by atoms with E-state index < -0.39 is 34.3 Å². The molecule has 0 fully saturated rings. The average molecular weight is 298 g/mol. The SMILES string of the molecule is COC1=C(N)C(=O)C(C(=O)/C=C/c2ccccc2)=C(N)C1=O. The molecule has 0 saturated heterocycles. The lowest BCUT2D eigenvalue weighted by atomic mass is 9.93.